The van der Waals surface area contributed by atoms with E-state index in [1.54, 1.807) is 18.2 Å². The molecule has 1 aromatic carbocycles. The Morgan fingerprint density at radius 3 is 2.55 bits per heavy atom. The quantitative estimate of drug-likeness (QED) is 0.487. The molecule has 3 aliphatic rings. The number of nitrogens with zero attached hydrogens (tertiary/aromatic N) is 3. The number of carbonyl (C=O) groups excluding carboxylic acids is 3. The van der Waals surface area contributed by atoms with Gasteiger partial charge in [0, 0.05) is 18.4 Å². The second-order valence-electron chi connectivity index (χ2n) is 13.3. The highest BCUT2D eigenvalue weighted by atomic mass is 19.3. The molecule has 1 aromatic heterocycles. The molecule has 10 nitrogen and oxygen atoms in total. The number of nitrogens with one attached hydrogen (secondary N) is 1. The lowest BCUT2D eigenvalue weighted by Crippen LogP contribution is -2.57. The van der Waals surface area contributed by atoms with Gasteiger partial charge in [-0.05, 0) is 56.1 Å². The number of amides is 2. The van der Waals surface area contributed by atoms with E-state index in [4.69, 9.17) is 14.2 Å². The van der Waals surface area contributed by atoms with Gasteiger partial charge >= 0.3 is 6.09 Å². The second-order valence-corrected chi connectivity index (χ2v) is 13.3. The van der Waals surface area contributed by atoms with Gasteiger partial charge in [-0.2, -0.15) is 8.78 Å². The molecule has 6 atom stereocenters. The molecule has 5 rings (SSSR count). The SMILES string of the molecule is CC[C@@H]1[C@@H]2CN(C(=O)[C@H](C(C)(C)C)NC(=O)O[C@@H]3C[C@H]3CCCCC(F)(F)c3nc4ccc(OC)cc4nc3O2)[C@@H]1C(C)=O. The number of Topliss-reactive ketones (excluding diaryl/α,β-unsaturated/α-hetero) is 1. The maximum Gasteiger partial charge on any atom is 0.408 e. The van der Waals surface area contributed by atoms with Crippen molar-refractivity contribution in [1.82, 2.24) is 20.2 Å². The molecule has 2 bridgehead atoms. The summed E-state index contributed by atoms with van der Waals surface area (Å²) in [6.45, 7) is 8.65. The number of rotatable bonds is 3. The standard InChI is InChI=1S/C32H42F2N4O6/c1-7-20-24-16-38(25(20)17(2)39)29(40)27(31(3,4)5)37-30(41)44-23-14-18(23)10-8-9-13-32(33,34)26-28(43-24)36-22-15-19(42-6)11-12-21(22)35-26/h11-12,15,18,20,23-25,27H,7-10,13-14,16H2,1-6H3,(H,37,41)/t18-,20-,23-,24+,25-,27-/m1/s1. The number of halogens is 2. The number of hydrogen-bond donors (Lipinski definition) is 1. The first-order chi connectivity index (χ1) is 20.7. The number of ketones is 1. The predicted molar refractivity (Wildman–Crippen MR) is 158 cm³/mol. The number of ether oxygens (including phenoxy) is 3. The first-order valence-corrected chi connectivity index (χ1v) is 15.4. The van der Waals surface area contributed by atoms with Crippen molar-refractivity contribution in [3.8, 4) is 11.6 Å². The molecule has 44 heavy (non-hydrogen) atoms. The minimum absolute atomic E-state index is 0.0571. The highest BCUT2D eigenvalue weighted by molar-refractivity contribution is 5.92. The van der Waals surface area contributed by atoms with Gasteiger partial charge in [0.1, 0.15) is 24.0 Å². The number of alkyl halides is 2. The Kier molecular flexibility index (Phi) is 8.74. The summed E-state index contributed by atoms with van der Waals surface area (Å²) in [4.78, 5) is 50.4. The molecular formula is C32H42F2N4O6. The number of hydrogen-bond acceptors (Lipinski definition) is 8. The summed E-state index contributed by atoms with van der Waals surface area (Å²) in [5.41, 5.74) is -0.699. The number of benzene rings is 1. The normalized spacial score (nSPS) is 29.3. The van der Waals surface area contributed by atoms with Gasteiger partial charge in [0.15, 0.2) is 11.5 Å². The monoisotopic (exact) mass is 616 g/mol. The van der Waals surface area contributed by atoms with E-state index in [2.05, 4.69) is 15.3 Å². The van der Waals surface area contributed by atoms with E-state index in [0.29, 0.717) is 36.9 Å². The predicted octanol–water partition coefficient (Wildman–Crippen LogP) is 5.41. The molecule has 0 unspecified atom stereocenters. The summed E-state index contributed by atoms with van der Waals surface area (Å²) < 4.78 is 49.1. The third kappa shape index (κ3) is 6.44. The van der Waals surface area contributed by atoms with Gasteiger partial charge in [-0.3, -0.25) is 9.59 Å². The Balaban J connectivity index is 1.59. The number of methoxy groups -OCH3 is 1. The summed E-state index contributed by atoms with van der Waals surface area (Å²) in [5.74, 6) is -4.36. The maximum atomic E-state index is 15.9. The van der Waals surface area contributed by atoms with Crippen molar-refractivity contribution in [3.05, 3.63) is 23.9 Å². The number of alkyl carbamates (subject to hydrolysis) is 1. The van der Waals surface area contributed by atoms with Crippen molar-refractivity contribution >= 4 is 28.8 Å². The number of carbonyl (C=O) groups is 3. The smallest absolute Gasteiger partial charge is 0.408 e. The van der Waals surface area contributed by atoms with Crippen molar-refractivity contribution in [1.29, 1.82) is 0 Å². The van der Waals surface area contributed by atoms with Crippen LogP contribution in [0.2, 0.25) is 0 Å². The van der Waals surface area contributed by atoms with E-state index in [0.717, 1.165) is 0 Å². The van der Waals surface area contributed by atoms with E-state index >= 15 is 8.78 Å². The molecule has 12 heteroatoms. The lowest BCUT2D eigenvalue weighted by molar-refractivity contribution is -0.141. The number of fused-ring (bicyclic) bond motifs is 5. The molecule has 2 aromatic rings. The van der Waals surface area contributed by atoms with Crippen LogP contribution in [0.3, 0.4) is 0 Å². The molecule has 2 fully saturated rings. The Labute approximate surface area is 256 Å². The van der Waals surface area contributed by atoms with Gasteiger partial charge in [0.25, 0.3) is 5.92 Å². The van der Waals surface area contributed by atoms with Gasteiger partial charge in [0.05, 0.1) is 30.7 Å². The average molecular weight is 617 g/mol. The molecule has 1 N–H and O–H groups in total. The van der Waals surface area contributed by atoms with Crippen LogP contribution in [0.4, 0.5) is 13.6 Å². The Hall–Kier alpha value is -3.57. The first-order valence-electron chi connectivity index (χ1n) is 15.4. The fourth-order valence-electron chi connectivity index (χ4n) is 6.49. The summed E-state index contributed by atoms with van der Waals surface area (Å²) >= 11 is 0. The molecule has 240 valence electrons. The summed E-state index contributed by atoms with van der Waals surface area (Å²) in [5, 5.41) is 2.76. The van der Waals surface area contributed by atoms with Gasteiger partial charge in [0.2, 0.25) is 11.8 Å². The van der Waals surface area contributed by atoms with Crippen LogP contribution >= 0.6 is 0 Å². The Morgan fingerprint density at radius 2 is 1.89 bits per heavy atom. The summed E-state index contributed by atoms with van der Waals surface area (Å²) in [6.07, 6.45) is 0.142. The van der Waals surface area contributed by atoms with Crippen LogP contribution < -0.4 is 14.8 Å². The first kappa shape index (κ1) is 31.8. The number of aromatic nitrogens is 2. The van der Waals surface area contributed by atoms with Gasteiger partial charge in [-0.25, -0.2) is 14.8 Å². The Bertz CT molecular complexity index is 1430. The largest absolute Gasteiger partial charge is 0.497 e. The summed E-state index contributed by atoms with van der Waals surface area (Å²) in [6, 6.07) is 2.92. The zero-order valence-corrected chi connectivity index (χ0v) is 26.2. The minimum Gasteiger partial charge on any atom is -0.497 e. The van der Waals surface area contributed by atoms with Crippen LogP contribution in [-0.2, 0) is 20.2 Å². The molecule has 3 heterocycles. The van der Waals surface area contributed by atoms with Crippen LogP contribution in [0, 0.1) is 17.3 Å². The third-order valence-corrected chi connectivity index (χ3v) is 9.02. The molecule has 1 aliphatic carbocycles. The fraction of sp³-hybridized carbons (Fsp3) is 0.656. The van der Waals surface area contributed by atoms with Crippen molar-refractivity contribution in [2.45, 2.75) is 103 Å². The van der Waals surface area contributed by atoms with E-state index in [-0.39, 0.29) is 42.2 Å². The average Bonchev–Trinajstić information content (AvgIpc) is 3.58. The van der Waals surface area contributed by atoms with E-state index in [1.807, 2.05) is 27.7 Å². The van der Waals surface area contributed by atoms with Gasteiger partial charge in [-0.1, -0.05) is 34.1 Å². The van der Waals surface area contributed by atoms with Gasteiger partial charge < -0.3 is 24.4 Å². The van der Waals surface area contributed by atoms with Crippen molar-refractivity contribution < 1.29 is 37.4 Å². The van der Waals surface area contributed by atoms with Crippen LogP contribution in [0.1, 0.15) is 78.8 Å². The highest BCUT2D eigenvalue weighted by Crippen LogP contribution is 2.43. The van der Waals surface area contributed by atoms with Crippen LogP contribution in [0.25, 0.3) is 11.0 Å². The zero-order valence-electron chi connectivity index (χ0n) is 26.2. The van der Waals surface area contributed by atoms with Crippen molar-refractivity contribution in [2.75, 3.05) is 13.7 Å². The van der Waals surface area contributed by atoms with E-state index in [9.17, 15) is 14.4 Å². The molecule has 2 amide bonds. The van der Waals surface area contributed by atoms with E-state index in [1.165, 1.54) is 18.9 Å². The topological polar surface area (TPSA) is 120 Å². The zero-order chi connectivity index (χ0) is 32.0. The molecule has 2 aliphatic heterocycles. The molecule has 1 saturated carbocycles. The van der Waals surface area contributed by atoms with Crippen LogP contribution in [0.15, 0.2) is 18.2 Å². The molecule has 1 saturated heterocycles. The summed E-state index contributed by atoms with van der Waals surface area (Å²) in [7, 11) is 1.49. The fourth-order valence-corrected chi connectivity index (χ4v) is 6.49. The van der Waals surface area contributed by atoms with Crippen molar-refractivity contribution in [2.24, 2.45) is 17.3 Å². The van der Waals surface area contributed by atoms with Crippen molar-refractivity contribution in [3.63, 3.8) is 0 Å². The lowest BCUT2D eigenvalue weighted by Gasteiger charge is -2.35. The lowest BCUT2D eigenvalue weighted by atomic mass is 9.85. The molecule has 0 spiro atoms. The van der Waals surface area contributed by atoms with Gasteiger partial charge in [-0.15, -0.1) is 0 Å². The Morgan fingerprint density at radius 1 is 1.14 bits per heavy atom. The molecular weight excluding hydrogens is 574 g/mol. The minimum atomic E-state index is -3.35. The highest BCUT2D eigenvalue weighted by Gasteiger charge is 2.51. The third-order valence-electron chi connectivity index (χ3n) is 9.02. The van der Waals surface area contributed by atoms with E-state index < -0.39 is 59.6 Å². The maximum absolute atomic E-state index is 15.9. The van der Waals surface area contributed by atoms with Crippen LogP contribution in [0.5, 0.6) is 11.6 Å². The second kappa shape index (κ2) is 12.1. The molecule has 0 radical (unpaired) electrons. The van der Waals surface area contributed by atoms with Crippen LogP contribution in [-0.4, -0.2) is 70.6 Å².